The van der Waals surface area contributed by atoms with Crippen LogP contribution in [0.3, 0.4) is 0 Å². The third kappa shape index (κ3) is 7.06. The van der Waals surface area contributed by atoms with Gasteiger partial charge in [0.05, 0.1) is 12.8 Å². The van der Waals surface area contributed by atoms with Crippen molar-refractivity contribution in [2.45, 2.75) is 39.0 Å². The van der Waals surface area contributed by atoms with E-state index in [4.69, 9.17) is 4.74 Å². The molecule has 28 heavy (non-hydrogen) atoms. The Morgan fingerprint density at radius 2 is 1.75 bits per heavy atom. The highest BCUT2D eigenvalue weighted by atomic mass is 16.5. The fourth-order valence-electron chi connectivity index (χ4n) is 2.74. The second-order valence-corrected chi connectivity index (χ2v) is 6.94. The highest BCUT2D eigenvalue weighted by Gasteiger charge is 2.05. The number of nitrogens with zero attached hydrogens (tertiary/aromatic N) is 2. The third-order valence-corrected chi connectivity index (χ3v) is 4.44. The molecule has 1 N–H and O–H groups in total. The van der Waals surface area contributed by atoms with Gasteiger partial charge in [0.2, 0.25) is 0 Å². The van der Waals surface area contributed by atoms with Gasteiger partial charge in [-0.2, -0.15) is 5.10 Å². The summed E-state index contributed by atoms with van der Waals surface area (Å²) in [5.41, 5.74) is 5.03. The summed E-state index contributed by atoms with van der Waals surface area (Å²) in [7, 11) is 3.92. The molecule has 0 spiro atoms. The number of anilines is 1. The summed E-state index contributed by atoms with van der Waals surface area (Å²) in [4.78, 5) is 14.2. The zero-order chi connectivity index (χ0) is 20.2. The maximum absolute atomic E-state index is 12.2. The number of carbonyl (C=O) groups excluding carboxylic acids is 1. The Kier molecular flexibility index (Phi) is 9.05. The molecule has 150 valence electrons. The van der Waals surface area contributed by atoms with Gasteiger partial charge in [0.15, 0.2) is 0 Å². The summed E-state index contributed by atoms with van der Waals surface area (Å²) in [6.45, 7) is 2.91. The van der Waals surface area contributed by atoms with E-state index < -0.39 is 0 Å². The molecule has 5 heteroatoms. The van der Waals surface area contributed by atoms with Crippen molar-refractivity contribution in [1.29, 1.82) is 0 Å². The number of rotatable bonds is 11. The maximum atomic E-state index is 12.2. The molecule has 2 aromatic carbocycles. The Bertz CT molecular complexity index is 755. The molecule has 0 heterocycles. The van der Waals surface area contributed by atoms with Gasteiger partial charge in [-0.05, 0) is 42.8 Å². The lowest BCUT2D eigenvalue weighted by atomic mass is 10.2. The number of para-hydroxylation sites is 1. The normalized spacial score (nSPS) is 10.8. The monoisotopic (exact) mass is 381 g/mol. The van der Waals surface area contributed by atoms with E-state index >= 15 is 0 Å². The molecule has 0 saturated carbocycles. The van der Waals surface area contributed by atoms with Crippen LogP contribution in [0.1, 0.15) is 54.9 Å². The number of hydrogen-bond donors (Lipinski definition) is 1. The van der Waals surface area contributed by atoms with E-state index in [1.165, 1.54) is 25.7 Å². The Labute approximate surface area is 168 Å². The predicted molar refractivity (Wildman–Crippen MR) is 117 cm³/mol. The van der Waals surface area contributed by atoms with Gasteiger partial charge in [0.1, 0.15) is 5.75 Å². The number of amides is 1. The second kappa shape index (κ2) is 11.8. The summed E-state index contributed by atoms with van der Waals surface area (Å²) in [5.74, 6) is 0.544. The molecule has 0 saturated heterocycles. The minimum atomic E-state index is -0.240. The van der Waals surface area contributed by atoms with Crippen LogP contribution in [0.2, 0.25) is 0 Å². The molecule has 0 bridgehead atoms. The second-order valence-electron chi connectivity index (χ2n) is 6.94. The molecule has 0 fully saturated rings. The molecule has 2 rings (SSSR count). The van der Waals surface area contributed by atoms with Crippen molar-refractivity contribution in [1.82, 2.24) is 5.43 Å². The van der Waals surface area contributed by atoms with Crippen LogP contribution >= 0.6 is 0 Å². The zero-order valence-corrected chi connectivity index (χ0v) is 17.1. The van der Waals surface area contributed by atoms with Crippen molar-refractivity contribution in [2.75, 3.05) is 25.6 Å². The van der Waals surface area contributed by atoms with E-state index in [1.807, 2.05) is 55.4 Å². The van der Waals surface area contributed by atoms with Crippen LogP contribution in [0.5, 0.6) is 5.75 Å². The van der Waals surface area contributed by atoms with Crippen LogP contribution in [0.4, 0.5) is 5.69 Å². The van der Waals surface area contributed by atoms with Crippen LogP contribution in [0.25, 0.3) is 0 Å². The average molecular weight is 382 g/mol. The SMILES string of the molecule is CCCCCCCOc1ccccc1/C=N/NC(=O)c1ccc(N(C)C)cc1. The molecular formula is C23H31N3O2. The lowest BCUT2D eigenvalue weighted by Crippen LogP contribution is -2.18. The first-order valence-corrected chi connectivity index (χ1v) is 9.94. The van der Waals surface area contributed by atoms with Gasteiger partial charge in [-0.25, -0.2) is 5.43 Å². The Hall–Kier alpha value is -2.82. The average Bonchev–Trinajstić information content (AvgIpc) is 2.71. The molecule has 0 radical (unpaired) electrons. The predicted octanol–water partition coefficient (Wildman–Crippen LogP) is 4.87. The molecule has 1 amide bonds. The number of nitrogens with one attached hydrogen (secondary N) is 1. The number of unbranched alkanes of at least 4 members (excludes halogenated alkanes) is 4. The van der Waals surface area contributed by atoms with Crippen molar-refractivity contribution in [3.8, 4) is 5.75 Å². The smallest absolute Gasteiger partial charge is 0.271 e. The highest BCUT2D eigenvalue weighted by molar-refractivity contribution is 5.95. The Morgan fingerprint density at radius 3 is 2.46 bits per heavy atom. The Morgan fingerprint density at radius 1 is 1.04 bits per heavy atom. The van der Waals surface area contributed by atoms with E-state index in [0.717, 1.165) is 23.4 Å². The van der Waals surface area contributed by atoms with Gasteiger partial charge < -0.3 is 9.64 Å². The summed E-state index contributed by atoms with van der Waals surface area (Å²) in [6, 6.07) is 15.1. The quantitative estimate of drug-likeness (QED) is 0.343. The number of benzene rings is 2. The summed E-state index contributed by atoms with van der Waals surface area (Å²) in [5, 5.41) is 4.09. The fraction of sp³-hybridized carbons (Fsp3) is 0.391. The lowest BCUT2D eigenvalue weighted by Gasteiger charge is -2.12. The van der Waals surface area contributed by atoms with Crippen molar-refractivity contribution in [3.63, 3.8) is 0 Å². The van der Waals surface area contributed by atoms with Crippen LogP contribution in [0, 0.1) is 0 Å². The van der Waals surface area contributed by atoms with Crippen LogP contribution in [-0.2, 0) is 0 Å². The van der Waals surface area contributed by atoms with Gasteiger partial charge >= 0.3 is 0 Å². The van der Waals surface area contributed by atoms with Gasteiger partial charge in [-0.15, -0.1) is 0 Å². The Balaban J connectivity index is 1.87. The topological polar surface area (TPSA) is 53.9 Å². The zero-order valence-electron chi connectivity index (χ0n) is 17.1. The van der Waals surface area contributed by atoms with Gasteiger partial charge in [0.25, 0.3) is 5.91 Å². The summed E-state index contributed by atoms with van der Waals surface area (Å²) < 4.78 is 5.89. The molecule has 0 aromatic heterocycles. The van der Waals surface area contributed by atoms with E-state index in [2.05, 4.69) is 17.5 Å². The fourth-order valence-corrected chi connectivity index (χ4v) is 2.74. The van der Waals surface area contributed by atoms with E-state index in [9.17, 15) is 4.79 Å². The number of ether oxygens (including phenoxy) is 1. The van der Waals surface area contributed by atoms with Crippen molar-refractivity contribution in [2.24, 2.45) is 5.10 Å². The van der Waals surface area contributed by atoms with Crippen LogP contribution < -0.4 is 15.1 Å². The standard InChI is InChI=1S/C23H31N3O2/c1-4-5-6-7-10-17-28-22-12-9-8-11-20(22)18-24-25-23(27)19-13-15-21(16-14-19)26(2)3/h8-9,11-16,18H,4-7,10,17H2,1-3H3,(H,25,27)/b24-18+. The maximum Gasteiger partial charge on any atom is 0.271 e. The van der Waals surface area contributed by atoms with Gasteiger partial charge in [0, 0.05) is 30.9 Å². The number of hydrazone groups is 1. The molecule has 0 atom stereocenters. The molecule has 0 aliphatic rings. The van der Waals surface area contributed by atoms with Crippen LogP contribution in [-0.4, -0.2) is 32.8 Å². The third-order valence-electron chi connectivity index (χ3n) is 4.44. The highest BCUT2D eigenvalue weighted by Crippen LogP contribution is 2.17. The minimum absolute atomic E-state index is 0.240. The minimum Gasteiger partial charge on any atom is -0.493 e. The first-order valence-electron chi connectivity index (χ1n) is 9.94. The summed E-state index contributed by atoms with van der Waals surface area (Å²) in [6.07, 6.45) is 7.63. The molecule has 5 nitrogen and oxygen atoms in total. The summed E-state index contributed by atoms with van der Waals surface area (Å²) >= 11 is 0. The van der Waals surface area contributed by atoms with Crippen molar-refractivity contribution < 1.29 is 9.53 Å². The molecule has 2 aromatic rings. The van der Waals surface area contributed by atoms with E-state index in [-0.39, 0.29) is 5.91 Å². The molecule has 0 aliphatic heterocycles. The largest absolute Gasteiger partial charge is 0.493 e. The molecule has 0 unspecified atom stereocenters. The number of carbonyl (C=O) groups is 1. The van der Waals surface area contributed by atoms with Gasteiger partial charge in [-0.1, -0.05) is 44.7 Å². The van der Waals surface area contributed by atoms with Gasteiger partial charge in [-0.3, -0.25) is 4.79 Å². The van der Waals surface area contributed by atoms with E-state index in [0.29, 0.717) is 12.2 Å². The first-order chi connectivity index (χ1) is 13.6. The van der Waals surface area contributed by atoms with Crippen LogP contribution in [0.15, 0.2) is 53.6 Å². The van der Waals surface area contributed by atoms with Crippen molar-refractivity contribution in [3.05, 3.63) is 59.7 Å². The van der Waals surface area contributed by atoms with Crippen molar-refractivity contribution >= 4 is 17.8 Å². The lowest BCUT2D eigenvalue weighted by molar-refractivity contribution is 0.0955. The molecule has 0 aliphatic carbocycles. The van der Waals surface area contributed by atoms with E-state index in [1.54, 1.807) is 18.3 Å². The first kappa shape index (κ1) is 21.5. The number of hydrogen-bond acceptors (Lipinski definition) is 4. The molecular weight excluding hydrogens is 350 g/mol.